The quantitative estimate of drug-likeness (QED) is 0.807. The molecule has 112 valence electrons. The van der Waals surface area contributed by atoms with E-state index in [-0.39, 0.29) is 0 Å². The van der Waals surface area contributed by atoms with Crippen molar-refractivity contribution in [2.45, 2.75) is 42.5 Å². The van der Waals surface area contributed by atoms with E-state index < -0.39 is 0 Å². The molecular formula is C11H16N8OS. The van der Waals surface area contributed by atoms with Crippen LogP contribution in [0.25, 0.3) is 0 Å². The van der Waals surface area contributed by atoms with Crippen molar-refractivity contribution in [3.05, 3.63) is 0 Å². The molecule has 0 amide bonds. The molecule has 1 N–H and O–H groups in total. The first-order valence-corrected chi connectivity index (χ1v) is 7.64. The first-order valence-electron chi connectivity index (χ1n) is 6.82. The number of rotatable bonds is 7. The summed E-state index contributed by atoms with van der Waals surface area (Å²) in [5.74, 6) is 0.462. The Kier molecular flexibility index (Phi) is 4.13. The SMILES string of the molecule is CCCOc1nc(NC)nc(Sc2nnnn2C2CC2)n1. The van der Waals surface area contributed by atoms with Crippen LogP contribution in [0.4, 0.5) is 5.95 Å². The molecule has 1 aliphatic rings. The summed E-state index contributed by atoms with van der Waals surface area (Å²) < 4.78 is 7.29. The monoisotopic (exact) mass is 308 g/mol. The molecule has 10 heteroatoms. The molecule has 3 rings (SSSR count). The van der Waals surface area contributed by atoms with Crippen molar-refractivity contribution < 1.29 is 4.74 Å². The van der Waals surface area contributed by atoms with Gasteiger partial charge in [0.05, 0.1) is 12.6 Å². The standard InChI is InChI=1S/C11H16N8OS/c1-3-6-20-9-13-8(12-2)14-10(15-9)21-11-16-17-18-19(11)7-4-5-7/h7H,3-6H2,1-2H3,(H,12,13,14,15). The van der Waals surface area contributed by atoms with Crippen molar-refractivity contribution >= 4 is 17.7 Å². The van der Waals surface area contributed by atoms with E-state index in [1.54, 1.807) is 7.05 Å². The second-order valence-electron chi connectivity index (χ2n) is 4.56. The molecule has 2 aromatic heterocycles. The third-order valence-corrected chi connectivity index (χ3v) is 3.61. The maximum Gasteiger partial charge on any atom is 0.322 e. The molecule has 0 bridgehead atoms. The second kappa shape index (κ2) is 6.20. The maximum atomic E-state index is 5.47. The van der Waals surface area contributed by atoms with Gasteiger partial charge in [-0.3, -0.25) is 0 Å². The van der Waals surface area contributed by atoms with Gasteiger partial charge in [0.25, 0.3) is 0 Å². The Morgan fingerprint density at radius 3 is 2.90 bits per heavy atom. The molecular weight excluding hydrogens is 292 g/mol. The lowest BCUT2D eigenvalue weighted by Gasteiger charge is -2.06. The molecule has 1 saturated carbocycles. The fourth-order valence-electron chi connectivity index (χ4n) is 1.64. The Morgan fingerprint density at radius 2 is 2.19 bits per heavy atom. The number of anilines is 1. The van der Waals surface area contributed by atoms with Gasteiger partial charge in [0, 0.05) is 7.05 Å². The van der Waals surface area contributed by atoms with Crippen LogP contribution in [0.1, 0.15) is 32.2 Å². The predicted molar refractivity (Wildman–Crippen MR) is 75.4 cm³/mol. The van der Waals surface area contributed by atoms with Crippen LogP contribution in [0.2, 0.25) is 0 Å². The molecule has 0 spiro atoms. The van der Waals surface area contributed by atoms with Crippen molar-refractivity contribution in [3.8, 4) is 6.01 Å². The van der Waals surface area contributed by atoms with Crippen LogP contribution in [0.5, 0.6) is 6.01 Å². The highest BCUT2D eigenvalue weighted by Gasteiger charge is 2.28. The van der Waals surface area contributed by atoms with E-state index in [9.17, 15) is 0 Å². The van der Waals surface area contributed by atoms with E-state index in [0.29, 0.717) is 34.9 Å². The summed E-state index contributed by atoms with van der Waals surface area (Å²) in [6.07, 6.45) is 3.12. The van der Waals surface area contributed by atoms with Crippen LogP contribution in [0.15, 0.2) is 10.3 Å². The normalized spacial score (nSPS) is 14.2. The van der Waals surface area contributed by atoms with Crippen LogP contribution in [-0.2, 0) is 0 Å². The zero-order valence-corrected chi connectivity index (χ0v) is 12.7. The van der Waals surface area contributed by atoms with E-state index in [2.05, 4.69) is 35.8 Å². The van der Waals surface area contributed by atoms with Gasteiger partial charge in [-0.2, -0.15) is 15.0 Å². The van der Waals surface area contributed by atoms with E-state index in [0.717, 1.165) is 19.3 Å². The molecule has 2 heterocycles. The van der Waals surface area contributed by atoms with Gasteiger partial charge in [-0.25, -0.2) is 4.68 Å². The second-order valence-corrected chi connectivity index (χ2v) is 5.50. The van der Waals surface area contributed by atoms with Crippen molar-refractivity contribution in [2.24, 2.45) is 0 Å². The van der Waals surface area contributed by atoms with Gasteiger partial charge in [0.1, 0.15) is 0 Å². The number of nitrogens with one attached hydrogen (secondary N) is 1. The number of hydrogen-bond acceptors (Lipinski definition) is 9. The third-order valence-electron chi connectivity index (χ3n) is 2.79. The molecule has 1 aliphatic carbocycles. The summed E-state index contributed by atoms with van der Waals surface area (Å²) in [6.45, 7) is 2.59. The molecule has 0 unspecified atom stereocenters. The molecule has 9 nitrogen and oxygen atoms in total. The highest BCUT2D eigenvalue weighted by molar-refractivity contribution is 7.99. The Bertz CT molecular complexity index is 614. The molecule has 0 saturated heterocycles. The lowest BCUT2D eigenvalue weighted by molar-refractivity contribution is 0.288. The lowest BCUT2D eigenvalue weighted by atomic mass is 10.5. The van der Waals surface area contributed by atoms with E-state index in [1.807, 2.05) is 11.6 Å². The Labute approximate surface area is 125 Å². The van der Waals surface area contributed by atoms with E-state index in [1.165, 1.54) is 11.8 Å². The molecule has 0 aromatic carbocycles. The molecule has 21 heavy (non-hydrogen) atoms. The van der Waals surface area contributed by atoms with Gasteiger partial charge >= 0.3 is 6.01 Å². The van der Waals surface area contributed by atoms with Gasteiger partial charge in [0.15, 0.2) is 0 Å². The molecule has 0 radical (unpaired) electrons. The molecule has 2 aromatic rings. The fraction of sp³-hybridized carbons (Fsp3) is 0.636. The first-order chi connectivity index (χ1) is 10.3. The van der Waals surface area contributed by atoms with Crippen molar-refractivity contribution in [1.29, 1.82) is 0 Å². The molecule has 1 fully saturated rings. The minimum Gasteiger partial charge on any atom is -0.463 e. The predicted octanol–water partition coefficient (Wildman–Crippen LogP) is 1.17. The zero-order valence-electron chi connectivity index (χ0n) is 11.9. The number of nitrogens with zero attached hydrogens (tertiary/aromatic N) is 7. The number of hydrogen-bond donors (Lipinski definition) is 1. The fourth-order valence-corrected chi connectivity index (χ4v) is 2.41. The van der Waals surface area contributed by atoms with Crippen molar-refractivity contribution in [1.82, 2.24) is 35.2 Å². The first kappa shape index (κ1) is 14.0. The average Bonchev–Trinajstić information content (AvgIpc) is 3.25. The Balaban J connectivity index is 1.81. The van der Waals surface area contributed by atoms with Gasteiger partial charge in [-0.15, -0.1) is 5.10 Å². The van der Waals surface area contributed by atoms with Crippen LogP contribution < -0.4 is 10.1 Å². The van der Waals surface area contributed by atoms with Crippen LogP contribution in [0, 0.1) is 0 Å². The van der Waals surface area contributed by atoms with Crippen LogP contribution >= 0.6 is 11.8 Å². The number of aromatic nitrogens is 7. The van der Waals surface area contributed by atoms with E-state index in [4.69, 9.17) is 4.74 Å². The summed E-state index contributed by atoms with van der Waals surface area (Å²) in [4.78, 5) is 12.7. The topological polar surface area (TPSA) is 104 Å². The summed E-state index contributed by atoms with van der Waals surface area (Å²) >= 11 is 1.31. The highest BCUT2D eigenvalue weighted by atomic mass is 32.2. The average molecular weight is 308 g/mol. The molecule has 0 atom stereocenters. The van der Waals surface area contributed by atoms with E-state index >= 15 is 0 Å². The summed E-state index contributed by atoms with van der Waals surface area (Å²) in [6, 6.07) is 0.716. The maximum absolute atomic E-state index is 5.47. The third kappa shape index (κ3) is 3.38. The zero-order chi connectivity index (χ0) is 14.7. The van der Waals surface area contributed by atoms with Crippen molar-refractivity contribution in [3.63, 3.8) is 0 Å². The Hall–Kier alpha value is -1.97. The van der Waals surface area contributed by atoms with Gasteiger partial charge in [-0.1, -0.05) is 6.92 Å². The smallest absolute Gasteiger partial charge is 0.322 e. The van der Waals surface area contributed by atoms with Gasteiger partial charge < -0.3 is 10.1 Å². The number of ether oxygens (including phenoxy) is 1. The van der Waals surface area contributed by atoms with Crippen LogP contribution in [0.3, 0.4) is 0 Å². The van der Waals surface area contributed by atoms with Crippen molar-refractivity contribution in [2.75, 3.05) is 19.0 Å². The largest absolute Gasteiger partial charge is 0.463 e. The minimum atomic E-state index is 0.309. The lowest BCUT2D eigenvalue weighted by Crippen LogP contribution is -2.06. The highest BCUT2D eigenvalue weighted by Crippen LogP contribution is 2.37. The summed E-state index contributed by atoms with van der Waals surface area (Å²) in [5.41, 5.74) is 0. The van der Waals surface area contributed by atoms with Crippen LogP contribution in [-0.4, -0.2) is 48.8 Å². The van der Waals surface area contributed by atoms with Gasteiger partial charge in [-0.05, 0) is 41.5 Å². The summed E-state index contributed by atoms with van der Waals surface area (Å²) in [7, 11) is 1.75. The summed E-state index contributed by atoms with van der Waals surface area (Å²) in [5, 5.41) is 15.8. The Morgan fingerprint density at radius 1 is 1.33 bits per heavy atom. The minimum absolute atomic E-state index is 0.309. The number of tetrazole rings is 1. The molecule has 0 aliphatic heterocycles. The van der Waals surface area contributed by atoms with Gasteiger partial charge in [0.2, 0.25) is 16.3 Å².